The van der Waals surface area contributed by atoms with Gasteiger partial charge in [-0.05, 0) is 26.3 Å². The molecular formula is C10H16N2O2. The molecule has 1 aromatic heterocycles. The second kappa shape index (κ2) is 3.84. The van der Waals surface area contributed by atoms with Gasteiger partial charge in [-0.3, -0.25) is 0 Å². The molecule has 1 atom stereocenters. The Kier molecular flexibility index (Phi) is 2.96. The Morgan fingerprint density at radius 1 is 1.57 bits per heavy atom. The first-order valence-electron chi connectivity index (χ1n) is 4.60. The molecule has 78 valence electrons. The van der Waals surface area contributed by atoms with Gasteiger partial charge in [0, 0.05) is 23.9 Å². The van der Waals surface area contributed by atoms with Crippen LogP contribution in [0.5, 0.6) is 0 Å². The van der Waals surface area contributed by atoms with Crippen LogP contribution in [0.2, 0.25) is 0 Å². The summed E-state index contributed by atoms with van der Waals surface area (Å²) < 4.78 is 0. The number of aryl methyl sites for hydroxylation is 1. The number of aromatic amines is 1. The Morgan fingerprint density at radius 3 is 2.50 bits per heavy atom. The molecule has 0 radical (unpaired) electrons. The quantitative estimate of drug-likeness (QED) is 0.680. The first kappa shape index (κ1) is 10.8. The second-order valence-electron chi connectivity index (χ2n) is 3.72. The van der Waals surface area contributed by atoms with Gasteiger partial charge < -0.3 is 15.8 Å². The van der Waals surface area contributed by atoms with Crippen LogP contribution >= 0.6 is 0 Å². The van der Waals surface area contributed by atoms with Crippen molar-refractivity contribution in [2.45, 2.75) is 33.2 Å². The lowest BCUT2D eigenvalue weighted by atomic mass is 10.1. The molecule has 0 spiro atoms. The van der Waals surface area contributed by atoms with Crippen LogP contribution in [-0.4, -0.2) is 22.1 Å². The van der Waals surface area contributed by atoms with E-state index in [0.29, 0.717) is 17.7 Å². The minimum Gasteiger partial charge on any atom is -0.478 e. The van der Waals surface area contributed by atoms with Gasteiger partial charge in [0.25, 0.3) is 0 Å². The molecule has 1 unspecified atom stereocenters. The molecule has 0 amide bonds. The fraction of sp³-hybridized carbons (Fsp3) is 0.500. The van der Waals surface area contributed by atoms with Crippen molar-refractivity contribution in [3.63, 3.8) is 0 Å². The highest BCUT2D eigenvalue weighted by Crippen LogP contribution is 2.18. The van der Waals surface area contributed by atoms with E-state index in [1.807, 2.05) is 13.8 Å². The van der Waals surface area contributed by atoms with Crippen LogP contribution in [0.25, 0.3) is 0 Å². The number of hydrogen-bond donors (Lipinski definition) is 3. The fourth-order valence-electron chi connectivity index (χ4n) is 1.66. The molecule has 1 heterocycles. The first-order chi connectivity index (χ1) is 6.43. The molecule has 0 aromatic carbocycles. The minimum absolute atomic E-state index is 0.0356. The number of rotatable bonds is 3. The number of aromatic nitrogens is 1. The van der Waals surface area contributed by atoms with E-state index in [1.165, 1.54) is 0 Å². The molecule has 0 aliphatic heterocycles. The van der Waals surface area contributed by atoms with Gasteiger partial charge in [0.05, 0.1) is 5.56 Å². The lowest BCUT2D eigenvalue weighted by molar-refractivity contribution is 0.0695. The Balaban J connectivity index is 3.10. The zero-order valence-corrected chi connectivity index (χ0v) is 8.72. The van der Waals surface area contributed by atoms with Crippen molar-refractivity contribution in [1.82, 2.24) is 4.98 Å². The molecule has 0 aliphatic rings. The number of aromatic carboxylic acids is 1. The first-order valence-corrected chi connectivity index (χ1v) is 4.60. The number of carboxylic acid groups (broad SMARTS) is 1. The SMILES string of the molecule is Cc1[nH]c(CC(C)N)c(C)c1C(=O)O. The second-order valence-corrected chi connectivity index (χ2v) is 3.72. The average molecular weight is 196 g/mol. The van der Waals surface area contributed by atoms with Crippen LogP contribution in [0, 0.1) is 13.8 Å². The number of nitrogens with one attached hydrogen (secondary N) is 1. The van der Waals surface area contributed by atoms with Crippen molar-refractivity contribution in [3.8, 4) is 0 Å². The summed E-state index contributed by atoms with van der Waals surface area (Å²) in [5, 5.41) is 8.94. The van der Waals surface area contributed by atoms with Crippen molar-refractivity contribution < 1.29 is 9.90 Å². The number of nitrogens with two attached hydrogens (primary N) is 1. The van der Waals surface area contributed by atoms with Crippen molar-refractivity contribution >= 4 is 5.97 Å². The summed E-state index contributed by atoms with van der Waals surface area (Å²) in [7, 11) is 0. The zero-order valence-electron chi connectivity index (χ0n) is 8.72. The molecule has 1 aromatic rings. The fourth-order valence-corrected chi connectivity index (χ4v) is 1.66. The molecule has 4 N–H and O–H groups in total. The summed E-state index contributed by atoms with van der Waals surface area (Å²) in [4.78, 5) is 14.0. The normalized spacial score (nSPS) is 12.9. The molecule has 1 rings (SSSR count). The van der Waals surface area contributed by atoms with Crippen LogP contribution in [-0.2, 0) is 6.42 Å². The van der Waals surface area contributed by atoms with Crippen molar-refractivity contribution in [3.05, 3.63) is 22.5 Å². The standard InChI is InChI=1S/C10H16N2O2/c1-5(11)4-8-6(2)9(10(13)14)7(3)12-8/h5,12H,4,11H2,1-3H3,(H,13,14). The lowest BCUT2D eigenvalue weighted by Gasteiger charge is -2.03. The molecule has 14 heavy (non-hydrogen) atoms. The highest BCUT2D eigenvalue weighted by atomic mass is 16.4. The Hall–Kier alpha value is -1.29. The smallest absolute Gasteiger partial charge is 0.337 e. The van der Waals surface area contributed by atoms with Gasteiger partial charge in [0.1, 0.15) is 0 Å². The maximum Gasteiger partial charge on any atom is 0.337 e. The average Bonchev–Trinajstić information content (AvgIpc) is 2.25. The van der Waals surface area contributed by atoms with Gasteiger partial charge in [-0.15, -0.1) is 0 Å². The van der Waals surface area contributed by atoms with Crippen molar-refractivity contribution in [1.29, 1.82) is 0 Å². The highest BCUT2D eigenvalue weighted by Gasteiger charge is 2.17. The number of H-pyrrole nitrogens is 1. The molecular weight excluding hydrogens is 180 g/mol. The lowest BCUT2D eigenvalue weighted by Crippen LogP contribution is -2.18. The molecule has 0 fully saturated rings. The van der Waals surface area contributed by atoms with Gasteiger partial charge >= 0.3 is 5.97 Å². The van der Waals surface area contributed by atoms with Gasteiger partial charge in [-0.25, -0.2) is 4.79 Å². The number of carboxylic acids is 1. The van der Waals surface area contributed by atoms with Gasteiger partial charge in [0.15, 0.2) is 0 Å². The van der Waals surface area contributed by atoms with E-state index in [-0.39, 0.29) is 6.04 Å². The molecule has 4 nitrogen and oxygen atoms in total. The summed E-state index contributed by atoms with van der Waals surface area (Å²) in [6.45, 7) is 5.47. The van der Waals surface area contributed by atoms with E-state index in [9.17, 15) is 4.79 Å². The van der Waals surface area contributed by atoms with Crippen LogP contribution < -0.4 is 5.73 Å². The third-order valence-electron chi connectivity index (χ3n) is 2.28. The summed E-state index contributed by atoms with van der Waals surface area (Å²) in [6.07, 6.45) is 0.681. The third kappa shape index (κ3) is 1.96. The Bertz CT molecular complexity index is 353. The van der Waals surface area contributed by atoms with Gasteiger partial charge in [0.2, 0.25) is 0 Å². The number of carbonyl (C=O) groups is 1. The summed E-state index contributed by atoms with van der Waals surface area (Å²) >= 11 is 0. The highest BCUT2D eigenvalue weighted by molar-refractivity contribution is 5.91. The third-order valence-corrected chi connectivity index (χ3v) is 2.28. The molecule has 4 heteroatoms. The zero-order chi connectivity index (χ0) is 10.9. The van der Waals surface area contributed by atoms with Gasteiger partial charge in [-0.1, -0.05) is 0 Å². The largest absolute Gasteiger partial charge is 0.478 e. The molecule has 0 aliphatic carbocycles. The van der Waals surface area contributed by atoms with E-state index in [1.54, 1.807) is 6.92 Å². The number of hydrogen-bond acceptors (Lipinski definition) is 2. The van der Waals surface area contributed by atoms with E-state index < -0.39 is 5.97 Å². The van der Waals surface area contributed by atoms with E-state index in [4.69, 9.17) is 10.8 Å². The summed E-state index contributed by atoms with van der Waals surface area (Å²) in [5.74, 6) is -0.882. The molecule has 0 bridgehead atoms. The Labute approximate surface area is 83.1 Å². The van der Waals surface area contributed by atoms with E-state index in [0.717, 1.165) is 11.3 Å². The predicted molar refractivity (Wildman–Crippen MR) is 54.6 cm³/mol. The van der Waals surface area contributed by atoms with Crippen molar-refractivity contribution in [2.75, 3.05) is 0 Å². The summed E-state index contributed by atoms with van der Waals surface area (Å²) in [6, 6.07) is 0.0356. The maximum atomic E-state index is 10.9. The van der Waals surface area contributed by atoms with E-state index >= 15 is 0 Å². The minimum atomic E-state index is -0.882. The van der Waals surface area contributed by atoms with E-state index in [2.05, 4.69) is 4.98 Å². The van der Waals surface area contributed by atoms with Crippen LogP contribution in [0.15, 0.2) is 0 Å². The van der Waals surface area contributed by atoms with Crippen LogP contribution in [0.4, 0.5) is 0 Å². The molecule has 0 saturated carbocycles. The Morgan fingerprint density at radius 2 is 2.14 bits per heavy atom. The predicted octanol–water partition coefficient (Wildman–Crippen LogP) is 1.22. The topological polar surface area (TPSA) is 79.1 Å². The maximum absolute atomic E-state index is 10.9. The molecule has 0 saturated heterocycles. The monoisotopic (exact) mass is 196 g/mol. The van der Waals surface area contributed by atoms with Crippen molar-refractivity contribution in [2.24, 2.45) is 5.73 Å². The summed E-state index contributed by atoms with van der Waals surface area (Å²) in [5.41, 5.74) is 8.46. The van der Waals surface area contributed by atoms with Crippen LogP contribution in [0.1, 0.15) is 34.2 Å². The van der Waals surface area contributed by atoms with Crippen LogP contribution in [0.3, 0.4) is 0 Å². The van der Waals surface area contributed by atoms with Gasteiger partial charge in [-0.2, -0.15) is 0 Å².